The number of nitrogens with one attached hydrogen (secondary N) is 1. The zero-order valence-electron chi connectivity index (χ0n) is 10.4. The summed E-state index contributed by atoms with van der Waals surface area (Å²) in [5.74, 6) is 0.805. The topological polar surface area (TPSA) is 50.7 Å². The molecule has 0 fully saturated rings. The summed E-state index contributed by atoms with van der Waals surface area (Å²) in [6.45, 7) is 4.17. The molecule has 4 nitrogen and oxygen atoms in total. The van der Waals surface area contributed by atoms with Crippen LogP contribution in [0.5, 0.6) is 0 Å². The summed E-state index contributed by atoms with van der Waals surface area (Å²) >= 11 is 7.74. The minimum absolute atomic E-state index is 0.117. The lowest BCUT2D eigenvalue weighted by atomic mass is 10.2. The zero-order valence-corrected chi connectivity index (χ0v) is 11.9. The third-order valence-electron chi connectivity index (χ3n) is 2.57. The molecule has 2 aromatic heterocycles. The van der Waals surface area contributed by atoms with Crippen molar-refractivity contribution in [2.75, 3.05) is 5.32 Å². The summed E-state index contributed by atoms with van der Waals surface area (Å²) < 4.78 is 0. The van der Waals surface area contributed by atoms with E-state index in [4.69, 9.17) is 11.6 Å². The van der Waals surface area contributed by atoms with Gasteiger partial charge in [0.25, 0.3) is 0 Å². The van der Waals surface area contributed by atoms with E-state index in [0.717, 1.165) is 29.2 Å². The molecule has 1 atom stereocenters. The maximum atomic E-state index is 6.11. The van der Waals surface area contributed by atoms with Crippen LogP contribution >= 0.6 is 22.9 Å². The fourth-order valence-corrected chi connectivity index (χ4v) is 2.58. The molecule has 0 aliphatic rings. The lowest BCUT2D eigenvalue weighted by Gasteiger charge is -2.15. The van der Waals surface area contributed by atoms with Gasteiger partial charge in [0.05, 0.1) is 6.04 Å². The van der Waals surface area contributed by atoms with Crippen molar-refractivity contribution in [2.24, 2.45) is 0 Å². The Kier molecular flexibility index (Phi) is 4.49. The summed E-state index contributed by atoms with van der Waals surface area (Å²) in [7, 11) is 0. The normalized spacial score (nSPS) is 12.4. The number of anilines is 1. The van der Waals surface area contributed by atoms with E-state index in [1.807, 2.05) is 5.38 Å². The molecule has 0 radical (unpaired) electrons. The summed E-state index contributed by atoms with van der Waals surface area (Å²) in [4.78, 5) is 12.6. The van der Waals surface area contributed by atoms with Crippen molar-refractivity contribution < 1.29 is 0 Å². The molecular formula is C12H15ClN4S. The van der Waals surface area contributed by atoms with Gasteiger partial charge in [0.2, 0.25) is 0 Å². The van der Waals surface area contributed by atoms with Gasteiger partial charge in [-0.05, 0) is 13.3 Å². The standard InChI is InChI=1S/C12H15ClN4S/c1-3-4-9-10(13)15-7-16-11(9)17-8(2)12-14-5-6-18-12/h5-8H,3-4H2,1-2H3,(H,15,16,17). The minimum Gasteiger partial charge on any atom is -0.361 e. The number of hydrogen-bond donors (Lipinski definition) is 1. The van der Waals surface area contributed by atoms with E-state index in [1.165, 1.54) is 6.33 Å². The van der Waals surface area contributed by atoms with Crippen molar-refractivity contribution in [3.63, 3.8) is 0 Å². The molecule has 96 valence electrons. The molecule has 0 spiro atoms. The van der Waals surface area contributed by atoms with Crippen LogP contribution in [-0.2, 0) is 6.42 Å². The van der Waals surface area contributed by atoms with Crippen LogP contribution in [0.4, 0.5) is 5.82 Å². The zero-order chi connectivity index (χ0) is 13.0. The molecule has 0 aromatic carbocycles. The van der Waals surface area contributed by atoms with Gasteiger partial charge in [-0.2, -0.15) is 0 Å². The Morgan fingerprint density at radius 1 is 1.39 bits per heavy atom. The molecule has 2 aromatic rings. The second-order valence-electron chi connectivity index (χ2n) is 3.98. The highest BCUT2D eigenvalue weighted by molar-refractivity contribution is 7.09. The van der Waals surface area contributed by atoms with Gasteiger partial charge < -0.3 is 5.32 Å². The maximum Gasteiger partial charge on any atom is 0.137 e. The third kappa shape index (κ3) is 2.97. The lowest BCUT2D eigenvalue weighted by molar-refractivity contribution is 0.838. The first kappa shape index (κ1) is 13.2. The van der Waals surface area contributed by atoms with Gasteiger partial charge in [0, 0.05) is 17.1 Å². The molecule has 18 heavy (non-hydrogen) atoms. The largest absolute Gasteiger partial charge is 0.361 e. The molecule has 0 bridgehead atoms. The predicted octanol–water partition coefficient (Wildman–Crippen LogP) is 3.71. The van der Waals surface area contributed by atoms with Gasteiger partial charge in [0.1, 0.15) is 22.3 Å². The van der Waals surface area contributed by atoms with Gasteiger partial charge in [-0.1, -0.05) is 24.9 Å². The molecule has 1 N–H and O–H groups in total. The van der Waals surface area contributed by atoms with Gasteiger partial charge in [-0.3, -0.25) is 0 Å². The lowest BCUT2D eigenvalue weighted by Crippen LogP contribution is -2.10. The summed E-state index contributed by atoms with van der Waals surface area (Å²) in [5, 5.41) is 6.88. The molecule has 0 saturated carbocycles. The Morgan fingerprint density at radius 3 is 2.89 bits per heavy atom. The highest BCUT2D eigenvalue weighted by Gasteiger charge is 2.13. The van der Waals surface area contributed by atoms with E-state index in [0.29, 0.717) is 5.15 Å². The Hall–Kier alpha value is -1.20. The first-order chi connectivity index (χ1) is 8.72. The SMILES string of the molecule is CCCc1c(Cl)ncnc1NC(C)c1nccs1. The molecule has 6 heteroatoms. The summed E-state index contributed by atoms with van der Waals surface area (Å²) in [5.41, 5.74) is 0.977. The first-order valence-electron chi connectivity index (χ1n) is 5.87. The van der Waals surface area contributed by atoms with Crippen LogP contribution in [0.25, 0.3) is 0 Å². The molecule has 0 aliphatic heterocycles. The van der Waals surface area contributed by atoms with E-state index in [1.54, 1.807) is 17.5 Å². The van der Waals surface area contributed by atoms with Crippen molar-refractivity contribution in [3.8, 4) is 0 Å². The van der Waals surface area contributed by atoms with Crippen LogP contribution in [0.2, 0.25) is 5.15 Å². The number of thiazole rings is 1. The quantitative estimate of drug-likeness (QED) is 0.850. The molecular weight excluding hydrogens is 268 g/mol. The fraction of sp³-hybridized carbons (Fsp3) is 0.417. The Morgan fingerprint density at radius 2 is 2.22 bits per heavy atom. The second-order valence-corrected chi connectivity index (χ2v) is 5.26. The number of nitrogens with zero attached hydrogens (tertiary/aromatic N) is 3. The number of halogens is 1. The van der Waals surface area contributed by atoms with Crippen LogP contribution in [-0.4, -0.2) is 15.0 Å². The highest BCUT2D eigenvalue weighted by atomic mass is 35.5. The van der Waals surface area contributed by atoms with Crippen molar-refractivity contribution >= 4 is 28.8 Å². The van der Waals surface area contributed by atoms with Crippen LogP contribution in [0.3, 0.4) is 0 Å². The fourth-order valence-electron chi connectivity index (χ4n) is 1.70. The summed E-state index contributed by atoms with van der Waals surface area (Å²) in [6.07, 6.45) is 5.16. The van der Waals surface area contributed by atoms with Gasteiger partial charge in [0.15, 0.2) is 0 Å². The van der Waals surface area contributed by atoms with E-state index < -0.39 is 0 Å². The van der Waals surface area contributed by atoms with Crippen molar-refractivity contribution in [3.05, 3.63) is 33.6 Å². The monoisotopic (exact) mass is 282 g/mol. The highest BCUT2D eigenvalue weighted by Crippen LogP contribution is 2.26. The predicted molar refractivity (Wildman–Crippen MR) is 75.2 cm³/mol. The van der Waals surface area contributed by atoms with E-state index in [9.17, 15) is 0 Å². The van der Waals surface area contributed by atoms with Crippen LogP contribution in [0, 0.1) is 0 Å². The minimum atomic E-state index is 0.117. The number of aromatic nitrogens is 3. The second kappa shape index (κ2) is 6.11. The van der Waals surface area contributed by atoms with Crippen LogP contribution < -0.4 is 5.32 Å². The molecule has 0 aliphatic carbocycles. The van der Waals surface area contributed by atoms with Crippen molar-refractivity contribution in [1.82, 2.24) is 15.0 Å². The van der Waals surface area contributed by atoms with Gasteiger partial charge in [-0.25, -0.2) is 15.0 Å². The molecule has 2 rings (SSSR count). The molecule has 0 amide bonds. The number of rotatable bonds is 5. The van der Waals surface area contributed by atoms with Crippen molar-refractivity contribution in [1.29, 1.82) is 0 Å². The van der Waals surface area contributed by atoms with Crippen molar-refractivity contribution in [2.45, 2.75) is 32.7 Å². The average molecular weight is 283 g/mol. The molecule has 0 saturated heterocycles. The molecule has 2 heterocycles. The average Bonchev–Trinajstić information content (AvgIpc) is 2.87. The first-order valence-corrected chi connectivity index (χ1v) is 7.13. The van der Waals surface area contributed by atoms with Gasteiger partial charge >= 0.3 is 0 Å². The summed E-state index contributed by atoms with van der Waals surface area (Å²) in [6, 6.07) is 0.117. The maximum absolute atomic E-state index is 6.11. The van der Waals surface area contributed by atoms with Crippen LogP contribution in [0.15, 0.2) is 17.9 Å². The van der Waals surface area contributed by atoms with Crippen LogP contribution in [0.1, 0.15) is 36.9 Å². The van der Waals surface area contributed by atoms with Gasteiger partial charge in [-0.15, -0.1) is 11.3 Å². The third-order valence-corrected chi connectivity index (χ3v) is 3.85. The Bertz CT molecular complexity index is 501. The van der Waals surface area contributed by atoms with E-state index in [-0.39, 0.29) is 6.04 Å². The smallest absolute Gasteiger partial charge is 0.137 e. The van der Waals surface area contributed by atoms with E-state index >= 15 is 0 Å². The van der Waals surface area contributed by atoms with E-state index in [2.05, 4.69) is 34.1 Å². The molecule has 1 unspecified atom stereocenters. The Labute approximate surface area is 115 Å². The number of hydrogen-bond acceptors (Lipinski definition) is 5. The Balaban J connectivity index is 2.20.